The lowest BCUT2D eigenvalue weighted by Gasteiger charge is -2.19. The van der Waals surface area contributed by atoms with Gasteiger partial charge in [-0.1, -0.05) is 0 Å². The Balaban J connectivity index is 3.07. The van der Waals surface area contributed by atoms with E-state index in [9.17, 15) is 13.6 Å². The molecule has 0 radical (unpaired) electrons. The summed E-state index contributed by atoms with van der Waals surface area (Å²) in [6.45, 7) is -0.586. The molecule has 0 bridgehead atoms. The maximum absolute atomic E-state index is 12.1. The third-order valence-corrected chi connectivity index (χ3v) is 1.89. The molecule has 0 saturated heterocycles. The van der Waals surface area contributed by atoms with Crippen molar-refractivity contribution < 1.29 is 18.7 Å². The molecule has 0 aliphatic rings. The lowest BCUT2D eigenvalue weighted by atomic mass is 10.2. The average molecular weight is 231 g/mol. The molecule has 0 unspecified atom stereocenters. The maximum atomic E-state index is 12.1. The van der Waals surface area contributed by atoms with Crippen LogP contribution in [0.4, 0.5) is 20.3 Å². The van der Waals surface area contributed by atoms with Gasteiger partial charge in [0.25, 0.3) is 6.43 Å². The molecule has 0 aromatic carbocycles. The molecule has 1 aromatic heterocycles. The van der Waals surface area contributed by atoms with Crippen molar-refractivity contribution in [1.82, 2.24) is 4.98 Å². The summed E-state index contributed by atoms with van der Waals surface area (Å²) in [5.74, 6) is -1.28. The van der Waals surface area contributed by atoms with E-state index in [1.807, 2.05) is 0 Å². The van der Waals surface area contributed by atoms with E-state index >= 15 is 0 Å². The molecule has 0 fully saturated rings. The second-order valence-electron chi connectivity index (χ2n) is 3.22. The Labute approximate surface area is 90.5 Å². The number of pyridine rings is 1. The van der Waals surface area contributed by atoms with Crippen molar-refractivity contribution in [3.05, 3.63) is 17.8 Å². The van der Waals surface area contributed by atoms with Crippen LogP contribution in [-0.2, 0) is 0 Å². The third-order valence-electron chi connectivity index (χ3n) is 1.89. The van der Waals surface area contributed by atoms with Crippen molar-refractivity contribution in [1.29, 1.82) is 0 Å². The predicted octanol–water partition coefficient (Wildman–Crippen LogP) is 1.06. The Morgan fingerprint density at radius 1 is 1.69 bits per heavy atom. The molecule has 0 spiro atoms. The summed E-state index contributed by atoms with van der Waals surface area (Å²) in [6.07, 6.45) is -1.34. The van der Waals surface area contributed by atoms with E-state index in [2.05, 4.69) is 4.98 Å². The zero-order valence-electron chi connectivity index (χ0n) is 8.52. The molecule has 7 heteroatoms. The molecule has 1 heterocycles. The first kappa shape index (κ1) is 12.2. The molecule has 0 amide bonds. The van der Waals surface area contributed by atoms with Gasteiger partial charge in [-0.3, -0.25) is 0 Å². The summed E-state index contributed by atoms with van der Waals surface area (Å²) in [5, 5.41) is 8.86. The molecule has 0 aliphatic carbocycles. The number of carboxylic acid groups (broad SMARTS) is 1. The fourth-order valence-corrected chi connectivity index (χ4v) is 1.23. The summed E-state index contributed by atoms with van der Waals surface area (Å²) in [7, 11) is 1.34. The van der Waals surface area contributed by atoms with E-state index in [0.717, 1.165) is 4.90 Å². The van der Waals surface area contributed by atoms with Crippen LogP contribution in [0.15, 0.2) is 12.3 Å². The first-order valence-electron chi connectivity index (χ1n) is 4.40. The number of nitrogens with zero attached hydrogens (tertiary/aromatic N) is 2. The highest BCUT2D eigenvalue weighted by Crippen LogP contribution is 2.19. The summed E-state index contributed by atoms with van der Waals surface area (Å²) < 4.78 is 24.3. The van der Waals surface area contributed by atoms with Gasteiger partial charge >= 0.3 is 5.97 Å². The van der Waals surface area contributed by atoms with Crippen LogP contribution >= 0.6 is 0 Å². The van der Waals surface area contributed by atoms with Crippen LogP contribution in [0.1, 0.15) is 10.4 Å². The normalized spacial score (nSPS) is 10.5. The molecule has 1 rings (SSSR count). The number of aromatic carboxylic acids is 1. The Bertz CT molecular complexity index is 398. The first-order valence-corrected chi connectivity index (χ1v) is 4.40. The van der Waals surface area contributed by atoms with E-state index in [4.69, 9.17) is 10.8 Å². The van der Waals surface area contributed by atoms with Crippen LogP contribution in [-0.4, -0.2) is 36.1 Å². The number of carbonyl (C=O) groups is 1. The molecule has 5 nitrogen and oxygen atoms in total. The van der Waals surface area contributed by atoms with Crippen LogP contribution in [0.3, 0.4) is 0 Å². The molecule has 3 N–H and O–H groups in total. The number of hydrogen-bond donors (Lipinski definition) is 2. The minimum Gasteiger partial charge on any atom is -0.478 e. The van der Waals surface area contributed by atoms with Crippen LogP contribution in [0, 0.1) is 0 Å². The minimum atomic E-state index is -2.56. The standard InChI is InChI=1S/C9H11F2N3O2/c1-14(4-7(10)11)8-6(9(15)16)2-5(12)3-13-8/h2-3,7H,4,12H2,1H3,(H,15,16). The fraction of sp³-hybridized carbons (Fsp3) is 0.333. The number of halogens is 2. The van der Waals surface area contributed by atoms with Crippen LogP contribution in [0.25, 0.3) is 0 Å². The molecule has 88 valence electrons. The van der Waals surface area contributed by atoms with E-state index in [1.165, 1.54) is 19.3 Å². The zero-order valence-corrected chi connectivity index (χ0v) is 8.52. The summed E-state index contributed by atoms with van der Waals surface area (Å²) in [6, 6.07) is 1.19. The number of rotatable bonds is 4. The van der Waals surface area contributed by atoms with Crippen molar-refractivity contribution in [3.8, 4) is 0 Å². The van der Waals surface area contributed by atoms with Crippen molar-refractivity contribution in [2.75, 3.05) is 24.2 Å². The van der Waals surface area contributed by atoms with E-state index in [-0.39, 0.29) is 17.1 Å². The van der Waals surface area contributed by atoms with Gasteiger partial charge in [0.1, 0.15) is 11.4 Å². The molecule has 0 atom stereocenters. The Morgan fingerprint density at radius 2 is 2.31 bits per heavy atom. The number of hydrogen-bond acceptors (Lipinski definition) is 4. The van der Waals surface area contributed by atoms with Gasteiger partial charge in [-0.2, -0.15) is 0 Å². The molecular weight excluding hydrogens is 220 g/mol. The van der Waals surface area contributed by atoms with Gasteiger partial charge in [0.15, 0.2) is 0 Å². The number of anilines is 2. The number of nitrogen functional groups attached to an aromatic ring is 1. The van der Waals surface area contributed by atoms with Gasteiger partial charge < -0.3 is 15.7 Å². The monoisotopic (exact) mass is 231 g/mol. The van der Waals surface area contributed by atoms with Gasteiger partial charge in [0.05, 0.1) is 18.4 Å². The van der Waals surface area contributed by atoms with Crippen molar-refractivity contribution in [2.45, 2.75) is 6.43 Å². The van der Waals surface area contributed by atoms with Gasteiger partial charge in [-0.25, -0.2) is 18.6 Å². The second-order valence-corrected chi connectivity index (χ2v) is 3.22. The van der Waals surface area contributed by atoms with Crippen molar-refractivity contribution in [2.24, 2.45) is 0 Å². The number of carboxylic acids is 1. The lowest BCUT2D eigenvalue weighted by molar-refractivity contribution is 0.0696. The largest absolute Gasteiger partial charge is 0.478 e. The highest BCUT2D eigenvalue weighted by Gasteiger charge is 2.17. The highest BCUT2D eigenvalue weighted by molar-refractivity contribution is 5.94. The molecule has 1 aromatic rings. The predicted molar refractivity (Wildman–Crippen MR) is 54.9 cm³/mol. The SMILES string of the molecule is CN(CC(F)F)c1ncc(N)cc1C(=O)O. The second kappa shape index (κ2) is 4.73. The topological polar surface area (TPSA) is 79.5 Å². The lowest BCUT2D eigenvalue weighted by Crippen LogP contribution is -2.27. The smallest absolute Gasteiger partial charge is 0.339 e. The van der Waals surface area contributed by atoms with Crippen LogP contribution in [0.5, 0.6) is 0 Å². The Morgan fingerprint density at radius 3 is 2.81 bits per heavy atom. The van der Waals surface area contributed by atoms with Crippen LogP contribution < -0.4 is 10.6 Å². The summed E-state index contributed by atoms with van der Waals surface area (Å²) >= 11 is 0. The van der Waals surface area contributed by atoms with Gasteiger partial charge in [0, 0.05) is 7.05 Å². The molecular formula is C9H11F2N3O2. The number of nitrogens with two attached hydrogens (primary N) is 1. The average Bonchev–Trinajstić information content (AvgIpc) is 2.16. The van der Waals surface area contributed by atoms with Crippen molar-refractivity contribution in [3.63, 3.8) is 0 Å². The maximum Gasteiger partial charge on any atom is 0.339 e. The quantitative estimate of drug-likeness (QED) is 0.810. The van der Waals surface area contributed by atoms with E-state index < -0.39 is 18.9 Å². The van der Waals surface area contributed by atoms with Gasteiger partial charge in [-0.05, 0) is 6.07 Å². The van der Waals surface area contributed by atoms with Crippen molar-refractivity contribution >= 4 is 17.5 Å². The fourth-order valence-electron chi connectivity index (χ4n) is 1.23. The third kappa shape index (κ3) is 2.78. The summed E-state index contributed by atoms with van der Waals surface area (Å²) in [4.78, 5) is 15.7. The number of alkyl halides is 2. The first-order chi connectivity index (χ1) is 7.41. The minimum absolute atomic E-state index is 0.0259. The zero-order chi connectivity index (χ0) is 12.3. The highest BCUT2D eigenvalue weighted by atomic mass is 19.3. The van der Waals surface area contributed by atoms with Gasteiger partial charge in [0.2, 0.25) is 0 Å². The number of aromatic nitrogens is 1. The van der Waals surface area contributed by atoms with E-state index in [0.29, 0.717) is 0 Å². The Kier molecular flexibility index (Phi) is 3.60. The van der Waals surface area contributed by atoms with Crippen LogP contribution in [0.2, 0.25) is 0 Å². The molecule has 16 heavy (non-hydrogen) atoms. The Hall–Kier alpha value is -1.92. The molecule has 0 saturated carbocycles. The summed E-state index contributed by atoms with van der Waals surface area (Å²) in [5.41, 5.74) is 5.36. The molecule has 0 aliphatic heterocycles. The van der Waals surface area contributed by atoms with Gasteiger partial charge in [-0.15, -0.1) is 0 Å². The van der Waals surface area contributed by atoms with E-state index in [1.54, 1.807) is 0 Å².